The number of piperidine rings is 1. The highest BCUT2D eigenvalue weighted by Gasteiger charge is 2.28. The number of hydrogen-bond donors (Lipinski definition) is 1. The van der Waals surface area contributed by atoms with Gasteiger partial charge in [-0.1, -0.05) is 48.0 Å². The van der Waals surface area contributed by atoms with E-state index < -0.39 is 0 Å². The quantitative estimate of drug-likeness (QED) is 0.835. The van der Waals surface area contributed by atoms with Crippen LogP contribution in [0.1, 0.15) is 36.9 Å². The summed E-state index contributed by atoms with van der Waals surface area (Å²) in [5, 5.41) is 3.09. The van der Waals surface area contributed by atoms with Gasteiger partial charge in [0.05, 0.1) is 6.04 Å². The van der Waals surface area contributed by atoms with Crippen LogP contribution in [0, 0.1) is 12.8 Å². The van der Waals surface area contributed by atoms with Crippen LogP contribution in [0.4, 0.5) is 0 Å². The molecule has 3 rings (SSSR count). The van der Waals surface area contributed by atoms with E-state index >= 15 is 0 Å². The second-order valence-corrected chi connectivity index (χ2v) is 7.40. The van der Waals surface area contributed by atoms with Gasteiger partial charge in [0, 0.05) is 19.0 Å². The van der Waals surface area contributed by atoms with Crippen LogP contribution in [0.3, 0.4) is 0 Å². The van der Waals surface area contributed by atoms with Crippen molar-refractivity contribution in [2.24, 2.45) is 5.92 Å². The number of nitrogens with one attached hydrogen (secondary N) is 1. The second kappa shape index (κ2) is 9.40. The van der Waals surface area contributed by atoms with E-state index in [1.165, 1.54) is 0 Å². The Labute approximate surface area is 166 Å². The summed E-state index contributed by atoms with van der Waals surface area (Å²) in [4.78, 5) is 26.7. The molecule has 0 saturated carbocycles. The van der Waals surface area contributed by atoms with Crippen molar-refractivity contribution >= 4 is 11.8 Å². The van der Waals surface area contributed by atoms with Gasteiger partial charge in [-0.25, -0.2) is 0 Å². The highest BCUT2D eigenvalue weighted by Crippen LogP contribution is 2.20. The van der Waals surface area contributed by atoms with Gasteiger partial charge in [-0.15, -0.1) is 0 Å². The van der Waals surface area contributed by atoms with Crippen LogP contribution in [-0.2, 0) is 9.59 Å². The lowest BCUT2D eigenvalue weighted by atomic mass is 9.95. The minimum atomic E-state index is -0.0479. The number of carbonyl (C=O) groups excluding carboxylic acids is 2. The molecule has 2 amide bonds. The fourth-order valence-electron chi connectivity index (χ4n) is 3.42. The van der Waals surface area contributed by atoms with Gasteiger partial charge in [0.2, 0.25) is 5.91 Å². The van der Waals surface area contributed by atoms with Crippen molar-refractivity contribution in [3.8, 4) is 5.75 Å². The molecule has 5 heteroatoms. The molecule has 1 heterocycles. The maximum atomic E-state index is 12.6. The summed E-state index contributed by atoms with van der Waals surface area (Å²) in [6, 6.07) is 17.6. The Bertz CT molecular complexity index is 781. The number of likely N-dealkylation sites (tertiary alicyclic amines) is 1. The molecule has 1 aliphatic heterocycles. The number of rotatable bonds is 6. The third-order valence-corrected chi connectivity index (χ3v) is 5.26. The molecule has 0 spiro atoms. The van der Waals surface area contributed by atoms with Crippen LogP contribution in [0.2, 0.25) is 0 Å². The Morgan fingerprint density at radius 1 is 1.07 bits per heavy atom. The minimum absolute atomic E-state index is 0.0173. The molecule has 1 aliphatic rings. The summed E-state index contributed by atoms with van der Waals surface area (Å²) in [5.41, 5.74) is 2.25. The van der Waals surface area contributed by atoms with Gasteiger partial charge < -0.3 is 15.0 Å². The number of hydrogen-bond acceptors (Lipinski definition) is 3. The van der Waals surface area contributed by atoms with E-state index in [0.717, 1.165) is 11.1 Å². The van der Waals surface area contributed by atoms with Crippen LogP contribution in [0.15, 0.2) is 54.6 Å². The highest BCUT2D eigenvalue weighted by molar-refractivity contribution is 5.81. The van der Waals surface area contributed by atoms with Crippen LogP contribution >= 0.6 is 0 Å². The van der Waals surface area contributed by atoms with Crippen molar-refractivity contribution in [2.45, 2.75) is 32.7 Å². The van der Waals surface area contributed by atoms with E-state index in [1.807, 2.05) is 68.4 Å². The highest BCUT2D eigenvalue weighted by atomic mass is 16.5. The number of nitrogens with zero attached hydrogens (tertiary/aromatic N) is 1. The predicted octanol–water partition coefficient (Wildman–Crippen LogP) is 3.49. The molecule has 2 aromatic rings. The zero-order chi connectivity index (χ0) is 19.9. The molecular formula is C23H28N2O3. The van der Waals surface area contributed by atoms with E-state index in [9.17, 15) is 9.59 Å². The number of amides is 2. The number of ether oxygens (including phenoxy) is 1. The van der Waals surface area contributed by atoms with Gasteiger partial charge in [-0.3, -0.25) is 9.59 Å². The Balaban J connectivity index is 1.42. The fraction of sp³-hybridized carbons (Fsp3) is 0.391. The molecular weight excluding hydrogens is 352 g/mol. The summed E-state index contributed by atoms with van der Waals surface area (Å²) in [5.74, 6) is 0.688. The first-order chi connectivity index (χ1) is 13.5. The zero-order valence-electron chi connectivity index (χ0n) is 16.6. The van der Waals surface area contributed by atoms with Gasteiger partial charge >= 0.3 is 0 Å². The van der Waals surface area contributed by atoms with E-state index in [4.69, 9.17) is 4.74 Å². The molecule has 5 nitrogen and oxygen atoms in total. The topological polar surface area (TPSA) is 58.6 Å². The van der Waals surface area contributed by atoms with Crippen molar-refractivity contribution < 1.29 is 14.3 Å². The minimum Gasteiger partial charge on any atom is -0.484 e. The average Bonchev–Trinajstić information content (AvgIpc) is 2.73. The van der Waals surface area contributed by atoms with Gasteiger partial charge in [0.1, 0.15) is 5.75 Å². The Morgan fingerprint density at radius 2 is 1.71 bits per heavy atom. The standard InChI is InChI=1S/C23H28N2O3/c1-17-8-10-21(11-9-17)28-16-22(26)25-14-12-20(13-15-25)23(27)24-18(2)19-6-4-3-5-7-19/h3-11,18,20H,12-16H2,1-2H3,(H,24,27). The lowest BCUT2D eigenvalue weighted by Crippen LogP contribution is -2.44. The van der Waals surface area contributed by atoms with Crippen molar-refractivity contribution in [3.63, 3.8) is 0 Å². The molecule has 1 fully saturated rings. The van der Waals surface area contributed by atoms with Gasteiger partial charge in [0.15, 0.2) is 6.61 Å². The van der Waals surface area contributed by atoms with Gasteiger partial charge in [-0.05, 0) is 44.4 Å². The molecule has 28 heavy (non-hydrogen) atoms. The third-order valence-electron chi connectivity index (χ3n) is 5.26. The van der Waals surface area contributed by atoms with Gasteiger partial charge in [0.25, 0.3) is 5.91 Å². The first kappa shape index (κ1) is 19.9. The lowest BCUT2D eigenvalue weighted by Gasteiger charge is -2.32. The molecule has 0 radical (unpaired) electrons. The fourth-order valence-corrected chi connectivity index (χ4v) is 3.42. The maximum Gasteiger partial charge on any atom is 0.260 e. The van der Waals surface area contributed by atoms with Crippen LogP contribution in [-0.4, -0.2) is 36.4 Å². The Kier molecular flexibility index (Phi) is 6.69. The molecule has 148 valence electrons. The number of benzene rings is 2. The smallest absolute Gasteiger partial charge is 0.260 e. The average molecular weight is 380 g/mol. The van der Waals surface area contributed by atoms with Crippen molar-refractivity contribution in [1.82, 2.24) is 10.2 Å². The first-order valence-electron chi connectivity index (χ1n) is 9.85. The molecule has 0 aliphatic carbocycles. The van der Waals surface area contributed by atoms with E-state index in [2.05, 4.69) is 5.32 Å². The molecule has 1 unspecified atom stereocenters. The van der Waals surface area contributed by atoms with Crippen LogP contribution in [0.25, 0.3) is 0 Å². The Morgan fingerprint density at radius 3 is 2.36 bits per heavy atom. The molecule has 0 aromatic heterocycles. The normalized spacial score (nSPS) is 15.7. The van der Waals surface area contributed by atoms with Crippen LogP contribution in [0.5, 0.6) is 5.75 Å². The molecule has 1 atom stereocenters. The predicted molar refractivity (Wildman–Crippen MR) is 109 cm³/mol. The molecule has 1 saturated heterocycles. The largest absolute Gasteiger partial charge is 0.484 e. The first-order valence-corrected chi connectivity index (χ1v) is 9.85. The maximum absolute atomic E-state index is 12.6. The summed E-state index contributed by atoms with van der Waals surface area (Å²) in [6.45, 7) is 5.22. The van der Waals surface area contributed by atoms with Crippen molar-refractivity contribution in [3.05, 3.63) is 65.7 Å². The second-order valence-electron chi connectivity index (χ2n) is 7.40. The lowest BCUT2D eigenvalue weighted by molar-refractivity contribution is -0.137. The monoisotopic (exact) mass is 380 g/mol. The summed E-state index contributed by atoms with van der Waals surface area (Å²) in [6.07, 6.45) is 1.37. The van der Waals surface area contributed by atoms with E-state index in [-0.39, 0.29) is 30.4 Å². The van der Waals surface area contributed by atoms with E-state index in [1.54, 1.807) is 4.90 Å². The zero-order valence-corrected chi connectivity index (χ0v) is 16.6. The molecule has 0 bridgehead atoms. The molecule has 2 aromatic carbocycles. The third kappa shape index (κ3) is 5.35. The Hall–Kier alpha value is -2.82. The van der Waals surface area contributed by atoms with Crippen molar-refractivity contribution in [1.29, 1.82) is 0 Å². The van der Waals surface area contributed by atoms with Crippen LogP contribution < -0.4 is 10.1 Å². The summed E-state index contributed by atoms with van der Waals surface area (Å²) in [7, 11) is 0. The van der Waals surface area contributed by atoms with Gasteiger partial charge in [-0.2, -0.15) is 0 Å². The summed E-state index contributed by atoms with van der Waals surface area (Å²) >= 11 is 0. The summed E-state index contributed by atoms with van der Waals surface area (Å²) < 4.78 is 5.58. The number of aryl methyl sites for hydroxylation is 1. The SMILES string of the molecule is Cc1ccc(OCC(=O)N2CCC(C(=O)NC(C)c3ccccc3)CC2)cc1. The number of carbonyl (C=O) groups is 2. The van der Waals surface area contributed by atoms with E-state index in [0.29, 0.717) is 31.7 Å². The van der Waals surface area contributed by atoms with Crippen molar-refractivity contribution in [2.75, 3.05) is 19.7 Å². The molecule has 1 N–H and O–H groups in total.